The molecule has 5 heteroatoms. The molecule has 1 unspecified atom stereocenters. The van der Waals surface area contributed by atoms with Crippen LogP contribution in [0.3, 0.4) is 0 Å². The van der Waals surface area contributed by atoms with Gasteiger partial charge < -0.3 is 15.2 Å². The maximum atomic E-state index is 12.1. The number of aliphatic carboxylic acids is 1. The number of carbonyl (C=O) groups excluding carboxylic acids is 1. The number of ether oxygens (including phenoxy) is 1. The van der Waals surface area contributed by atoms with Gasteiger partial charge in [-0.15, -0.1) is 0 Å². The molecule has 0 radical (unpaired) electrons. The van der Waals surface area contributed by atoms with Gasteiger partial charge >= 0.3 is 5.97 Å². The number of hydrogen-bond acceptors (Lipinski definition) is 3. The molecule has 1 atom stereocenters. The van der Waals surface area contributed by atoms with Crippen molar-refractivity contribution in [2.45, 2.75) is 33.4 Å². The molecule has 1 aromatic rings. The van der Waals surface area contributed by atoms with Gasteiger partial charge in [0.25, 0.3) is 5.91 Å². The molecule has 0 aliphatic carbocycles. The fraction of sp³-hybridized carbons (Fsp3) is 0.467. The Balaban J connectivity index is 2.81. The number of carbonyl (C=O) groups is 2. The molecule has 0 bridgehead atoms. The summed E-state index contributed by atoms with van der Waals surface area (Å²) < 4.78 is 4.99. The van der Waals surface area contributed by atoms with E-state index in [1.165, 1.54) is 0 Å². The molecular weight excluding hydrogens is 258 g/mol. The summed E-state index contributed by atoms with van der Waals surface area (Å²) in [4.78, 5) is 23.3. The van der Waals surface area contributed by atoms with Gasteiger partial charge in [0.1, 0.15) is 6.04 Å². The molecule has 0 saturated carbocycles. The average molecular weight is 279 g/mol. The molecule has 5 nitrogen and oxygen atoms in total. The third kappa shape index (κ3) is 4.35. The van der Waals surface area contributed by atoms with Crippen molar-refractivity contribution in [3.8, 4) is 0 Å². The summed E-state index contributed by atoms with van der Waals surface area (Å²) >= 11 is 0. The topological polar surface area (TPSA) is 75.6 Å². The fourth-order valence-electron chi connectivity index (χ4n) is 1.78. The van der Waals surface area contributed by atoms with Gasteiger partial charge in [-0.25, -0.2) is 4.79 Å². The van der Waals surface area contributed by atoms with Crippen molar-refractivity contribution in [1.29, 1.82) is 0 Å². The van der Waals surface area contributed by atoms with Gasteiger partial charge in [0, 0.05) is 12.7 Å². The largest absolute Gasteiger partial charge is 0.480 e. The van der Waals surface area contributed by atoms with Gasteiger partial charge in [0.2, 0.25) is 0 Å². The van der Waals surface area contributed by atoms with E-state index >= 15 is 0 Å². The number of benzene rings is 1. The van der Waals surface area contributed by atoms with Crippen LogP contribution in [0.2, 0.25) is 0 Å². The van der Waals surface area contributed by atoms with Crippen LogP contribution in [0, 0.1) is 5.41 Å². The summed E-state index contributed by atoms with van der Waals surface area (Å²) in [5.41, 5.74) is 0.826. The second kappa shape index (κ2) is 6.52. The highest BCUT2D eigenvalue weighted by atomic mass is 16.5. The van der Waals surface area contributed by atoms with Crippen molar-refractivity contribution in [3.63, 3.8) is 0 Å². The van der Waals surface area contributed by atoms with Crippen molar-refractivity contribution in [3.05, 3.63) is 35.4 Å². The summed E-state index contributed by atoms with van der Waals surface area (Å²) in [6.45, 7) is 5.79. The molecule has 0 aliphatic heterocycles. The summed E-state index contributed by atoms with van der Waals surface area (Å²) in [5.74, 6) is -1.43. The Morgan fingerprint density at radius 3 is 2.20 bits per heavy atom. The molecule has 0 aliphatic rings. The Morgan fingerprint density at radius 1 is 1.25 bits per heavy atom. The van der Waals surface area contributed by atoms with Gasteiger partial charge in [0.15, 0.2) is 0 Å². The zero-order valence-corrected chi connectivity index (χ0v) is 12.3. The van der Waals surface area contributed by atoms with Crippen molar-refractivity contribution >= 4 is 11.9 Å². The van der Waals surface area contributed by atoms with E-state index < -0.39 is 23.3 Å². The van der Waals surface area contributed by atoms with Gasteiger partial charge in [0.05, 0.1) is 6.61 Å². The van der Waals surface area contributed by atoms with Crippen LogP contribution in [-0.4, -0.2) is 30.1 Å². The lowest BCUT2D eigenvalue weighted by Gasteiger charge is -2.27. The van der Waals surface area contributed by atoms with Crippen molar-refractivity contribution in [2.24, 2.45) is 5.41 Å². The van der Waals surface area contributed by atoms with Crippen LogP contribution in [0.15, 0.2) is 24.3 Å². The van der Waals surface area contributed by atoms with Crippen molar-refractivity contribution in [2.75, 3.05) is 7.11 Å². The van der Waals surface area contributed by atoms with Crippen LogP contribution in [-0.2, 0) is 16.1 Å². The van der Waals surface area contributed by atoms with E-state index in [1.807, 2.05) is 0 Å². The minimum atomic E-state index is -1.04. The maximum Gasteiger partial charge on any atom is 0.326 e. The molecule has 20 heavy (non-hydrogen) atoms. The van der Waals surface area contributed by atoms with Crippen LogP contribution < -0.4 is 5.32 Å². The molecule has 0 spiro atoms. The standard InChI is InChI=1S/C15H21NO4/c1-15(2,3)12(14(18)19)16-13(17)11-7-5-10(6-8-11)9-20-4/h5-8,12H,9H2,1-4H3,(H,16,17)(H,18,19). The molecule has 1 amide bonds. The predicted molar refractivity (Wildman–Crippen MR) is 75.5 cm³/mol. The number of methoxy groups -OCH3 is 1. The van der Waals surface area contributed by atoms with E-state index in [4.69, 9.17) is 4.74 Å². The minimum absolute atomic E-state index is 0.392. The van der Waals surface area contributed by atoms with E-state index in [0.717, 1.165) is 5.56 Å². The average Bonchev–Trinajstić information content (AvgIpc) is 2.35. The van der Waals surface area contributed by atoms with Gasteiger partial charge in [-0.05, 0) is 23.1 Å². The first-order valence-electron chi connectivity index (χ1n) is 6.37. The normalized spacial score (nSPS) is 12.8. The molecule has 0 aromatic heterocycles. The SMILES string of the molecule is COCc1ccc(C(=O)NC(C(=O)O)C(C)(C)C)cc1. The second-order valence-corrected chi connectivity index (χ2v) is 5.74. The van der Waals surface area contributed by atoms with Crippen LogP contribution >= 0.6 is 0 Å². The molecule has 0 fully saturated rings. The number of rotatable bonds is 5. The van der Waals surface area contributed by atoms with Crippen LogP contribution in [0.25, 0.3) is 0 Å². The van der Waals surface area contributed by atoms with Gasteiger partial charge in [-0.1, -0.05) is 32.9 Å². The van der Waals surface area contributed by atoms with Crippen LogP contribution in [0.1, 0.15) is 36.7 Å². The number of hydrogen-bond donors (Lipinski definition) is 2. The lowest BCUT2D eigenvalue weighted by atomic mass is 9.86. The number of amides is 1. The molecule has 1 aromatic carbocycles. The molecule has 1 rings (SSSR count). The predicted octanol–water partition coefficient (Wildman–Crippen LogP) is 2.06. The molecule has 110 valence electrons. The second-order valence-electron chi connectivity index (χ2n) is 5.74. The summed E-state index contributed by atoms with van der Waals surface area (Å²) in [5, 5.41) is 11.7. The zero-order valence-electron chi connectivity index (χ0n) is 12.3. The monoisotopic (exact) mass is 279 g/mol. The maximum absolute atomic E-state index is 12.1. The number of carboxylic acid groups (broad SMARTS) is 1. The van der Waals surface area contributed by atoms with Crippen molar-refractivity contribution < 1.29 is 19.4 Å². The number of nitrogens with one attached hydrogen (secondary N) is 1. The third-order valence-corrected chi connectivity index (χ3v) is 2.92. The summed E-state index contributed by atoms with van der Waals surface area (Å²) in [7, 11) is 1.60. The quantitative estimate of drug-likeness (QED) is 0.865. The first-order valence-corrected chi connectivity index (χ1v) is 6.37. The number of carboxylic acids is 1. The third-order valence-electron chi connectivity index (χ3n) is 2.92. The Morgan fingerprint density at radius 2 is 1.80 bits per heavy atom. The highest BCUT2D eigenvalue weighted by Gasteiger charge is 2.32. The zero-order chi connectivity index (χ0) is 15.3. The highest BCUT2D eigenvalue weighted by Crippen LogP contribution is 2.20. The van der Waals surface area contributed by atoms with Crippen LogP contribution in [0.5, 0.6) is 0 Å². The lowest BCUT2D eigenvalue weighted by Crippen LogP contribution is -2.49. The van der Waals surface area contributed by atoms with Crippen molar-refractivity contribution in [1.82, 2.24) is 5.32 Å². The van der Waals surface area contributed by atoms with E-state index in [2.05, 4.69) is 5.32 Å². The summed E-state index contributed by atoms with van der Waals surface area (Å²) in [6, 6.07) is 5.95. The highest BCUT2D eigenvalue weighted by molar-refractivity contribution is 5.96. The fourth-order valence-corrected chi connectivity index (χ4v) is 1.78. The Hall–Kier alpha value is -1.88. The van der Waals surface area contributed by atoms with E-state index in [-0.39, 0.29) is 0 Å². The minimum Gasteiger partial charge on any atom is -0.480 e. The van der Waals surface area contributed by atoms with E-state index in [9.17, 15) is 14.7 Å². The Bertz CT molecular complexity index is 474. The Kier molecular flexibility index (Phi) is 5.27. The first kappa shape index (κ1) is 16.2. The Labute approximate surface area is 118 Å². The van der Waals surface area contributed by atoms with Crippen LogP contribution in [0.4, 0.5) is 0 Å². The van der Waals surface area contributed by atoms with E-state index in [0.29, 0.717) is 12.2 Å². The van der Waals surface area contributed by atoms with E-state index in [1.54, 1.807) is 52.1 Å². The van der Waals surface area contributed by atoms with Gasteiger partial charge in [-0.2, -0.15) is 0 Å². The summed E-state index contributed by atoms with van der Waals surface area (Å²) in [6.07, 6.45) is 0. The molecule has 0 heterocycles. The smallest absolute Gasteiger partial charge is 0.326 e. The molecular formula is C15H21NO4. The van der Waals surface area contributed by atoms with Gasteiger partial charge in [-0.3, -0.25) is 4.79 Å². The first-order chi connectivity index (χ1) is 9.25. The lowest BCUT2D eigenvalue weighted by molar-refractivity contribution is -0.142. The molecule has 2 N–H and O–H groups in total. The molecule has 0 saturated heterocycles.